The zero-order chi connectivity index (χ0) is 18.6. The van der Waals surface area contributed by atoms with E-state index < -0.39 is 0 Å². The van der Waals surface area contributed by atoms with E-state index >= 15 is 0 Å². The van der Waals surface area contributed by atoms with Crippen LogP contribution in [0.4, 0.5) is 0 Å². The summed E-state index contributed by atoms with van der Waals surface area (Å²) in [7, 11) is 0. The topological polar surface area (TPSA) is 38.9 Å². The van der Waals surface area contributed by atoms with Crippen LogP contribution in [0.1, 0.15) is 37.5 Å². The van der Waals surface area contributed by atoms with Gasteiger partial charge >= 0.3 is 0 Å². The second kappa shape index (κ2) is 5.82. The number of halogens is 1. The number of furan rings is 1. The average molecular weight is 365 g/mol. The van der Waals surface area contributed by atoms with Gasteiger partial charge < -0.3 is 4.42 Å². The van der Waals surface area contributed by atoms with Crippen molar-refractivity contribution < 1.29 is 4.42 Å². The molecule has 26 heavy (non-hydrogen) atoms. The highest BCUT2D eigenvalue weighted by molar-refractivity contribution is 6.34. The number of fused-ring (bicyclic) bond motifs is 2. The number of benzene rings is 2. The molecule has 4 aromatic rings. The molecule has 0 aliphatic carbocycles. The fourth-order valence-corrected chi connectivity index (χ4v) is 3.52. The van der Waals surface area contributed by atoms with Crippen LogP contribution in [0.3, 0.4) is 0 Å². The van der Waals surface area contributed by atoms with Gasteiger partial charge in [0.15, 0.2) is 11.6 Å². The van der Waals surface area contributed by atoms with E-state index in [4.69, 9.17) is 21.0 Å². The minimum atomic E-state index is 0.0380. The zero-order valence-corrected chi connectivity index (χ0v) is 16.4. The van der Waals surface area contributed by atoms with Crippen LogP contribution in [-0.4, -0.2) is 9.97 Å². The Morgan fingerprint density at radius 1 is 0.962 bits per heavy atom. The van der Waals surface area contributed by atoms with Crippen molar-refractivity contribution in [3.05, 3.63) is 58.2 Å². The molecule has 132 valence electrons. The van der Waals surface area contributed by atoms with Crippen molar-refractivity contribution in [1.82, 2.24) is 9.97 Å². The van der Waals surface area contributed by atoms with Gasteiger partial charge in [0.2, 0.25) is 0 Å². The number of hydrogen-bond donors (Lipinski definition) is 0. The molecule has 0 bridgehead atoms. The summed E-state index contributed by atoms with van der Waals surface area (Å²) in [5.41, 5.74) is 5.08. The lowest BCUT2D eigenvalue weighted by molar-refractivity contribution is 0.590. The molecule has 0 radical (unpaired) electrons. The number of aromatic nitrogens is 2. The summed E-state index contributed by atoms with van der Waals surface area (Å²) in [6, 6.07) is 12.2. The van der Waals surface area contributed by atoms with Gasteiger partial charge in [-0.1, -0.05) is 56.6 Å². The molecule has 2 aromatic heterocycles. The zero-order valence-electron chi connectivity index (χ0n) is 15.6. The van der Waals surface area contributed by atoms with E-state index in [2.05, 4.69) is 44.8 Å². The van der Waals surface area contributed by atoms with E-state index in [9.17, 15) is 0 Å². The van der Waals surface area contributed by atoms with Gasteiger partial charge in [-0.3, -0.25) is 0 Å². The van der Waals surface area contributed by atoms with Crippen molar-refractivity contribution >= 4 is 33.5 Å². The van der Waals surface area contributed by atoms with E-state index in [0.29, 0.717) is 16.7 Å². The molecular weight excluding hydrogens is 344 g/mol. The highest BCUT2D eigenvalue weighted by atomic mass is 35.5. The lowest BCUT2D eigenvalue weighted by Gasteiger charge is -2.20. The van der Waals surface area contributed by atoms with Crippen LogP contribution in [-0.2, 0) is 5.41 Å². The maximum Gasteiger partial charge on any atom is 0.198 e. The summed E-state index contributed by atoms with van der Waals surface area (Å²) in [5, 5.41) is 2.41. The first-order valence-corrected chi connectivity index (χ1v) is 9.10. The molecule has 0 saturated carbocycles. The lowest BCUT2D eigenvalue weighted by atomic mass is 9.85. The second-order valence-electron chi connectivity index (χ2n) is 7.83. The van der Waals surface area contributed by atoms with Crippen molar-refractivity contribution in [2.75, 3.05) is 0 Å². The second-order valence-corrected chi connectivity index (χ2v) is 8.19. The molecule has 2 aromatic carbocycles. The molecule has 0 amide bonds. The molecule has 0 aliphatic heterocycles. The first-order chi connectivity index (χ1) is 12.3. The Hall–Kier alpha value is -2.39. The molecule has 3 nitrogen and oxygen atoms in total. The highest BCUT2D eigenvalue weighted by Crippen LogP contribution is 2.35. The lowest BCUT2D eigenvalue weighted by Crippen LogP contribution is -2.11. The normalized spacial score (nSPS) is 12.2. The Bertz CT molecular complexity index is 1150. The van der Waals surface area contributed by atoms with E-state index in [1.165, 1.54) is 5.56 Å². The van der Waals surface area contributed by atoms with Crippen molar-refractivity contribution in [1.29, 1.82) is 0 Å². The highest BCUT2D eigenvalue weighted by Gasteiger charge is 2.20. The van der Waals surface area contributed by atoms with Crippen molar-refractivity contribution in [3.63, 3.8) is 0 Å². The number of hydrogen-bond acceptors (Lipinski definition) is 3. The van der Waals surface area contributed by atoms with Crippen LogP contribution in [0.15, 0.2) is 40.8 Å². The Labute approximate surface area is 158 Å². The molecule has 2 heterocycles. The fourth-order valence-electron chi connectivity index (χ4n) is 3.29. The van der Waals surface area contributed by atoms with Gasteiger partial charge in [-0.2, -0.15) is 0 Å². The van der Waals surface area contributed by atoms with E-state index in [0.717, 1.165) is 33.0 Å². The predicted octanol–water partition coefficient (Wildman–Crippen LogP) is 6.61. The molecular formula is C22H21ClN2O. The Kier molecular flexibility index (Phi) is 3.81. The summed E-state index contributed by atoms with van der Waals surface area (Å²) in [4.78, 5) is 9.35. The molecule has 4 heteroatoms. The summed E-state index contributed by atoms with van der Waals surface area (Å²) < 4.78 is 6.02. The average Bonchev–Trinajstić information content (AvgIpc) is 2.92. The van der Waals surface area contributed by atoms with Crippen LogP contribution in [0.25, 0.3) is 33.5 Å². The summed E-state index contributed by atoms with van der Waals surface area (Å²) in [6.07, 6.45) is 0. The summed E-state index contributed by atoms with van der Waals surface area (Å²) in [6.45, 7) is 10.7. The van der Waals surface area contributed by atoms with Crippen molar-refractivity contribution in [3.8, 4) is 11.6 Å². The Balaban J connectivity index is 1.98. The van der Waals surface area contributed by atoms with E-state index in [1.807, 2.05) is 31.2 Å². The van der Waals surface area contributed by atoms with Crippen LogP contribution in [0, 0.1) is 13.8 Å². The Morgan fingerprint density at radius 3 is 2.38 bits per heavy atom. The molecule has 0 spiro atoms. The molecule has 0 N–H and O–H groups in total. The smallest absolute Gasteiger partial charge is 0.198 e. The van der Waals surface area contributed by atoms with Gasteiger partial charge in [-0.15, -0.1) is 0 Å². The third-order valence-corrected chi connectivity index (χ3v) is 5.15. The molecule has 0 atom stereocenters. The quantitative estimate of drug-likeness (QED) is 0.356. The SMILES string of the molecule is Cc1c(-c2nc(Cl)c3cc(C(C)(C)C)cc(C)c3n2)oc2ccccc12. The van der Waals surface area contributed by atoms with Crippen LogP contribution < -0.4 is 0 Å². The van der Waals surface area contributed by atoms with Gasteiger partial charge in [-0.05, 0) is 42.5 Å². The van der Waals surface area contributed by atoms with Crippen molar-refractivity contribution in [2.24, 2.45) is 0 Å². The van der Waals surface area contributed by atoms with Crippen molar-refractivity contribution in [2.45, 2.75) is 40.0 Å². The minimum Gasteiger partial charge on any atom is -0.452 e. The molecule has 0 fully saturated rings. The van der Waals surface area contributed by atoms with E-state index in [1.54, 1.807) is 0 Å². The van der Waals surface area contributed by atoms with Gasteiger partial charge in [0, 0.05) is 16.3 Å². The number of aryl methyl sites for hydroxylation is 2. The van der Waals surface area contributed by atoms with Gasteiger partial charge in [0.25, 0.3) is 0 Å². The summed E-state index contributed by atoms with van der Waals surface area (Å²) >= 11 is 6.56. The molecule has 0 aliphatic rings. The maximum absolute atomic E-state index is 6.56. The predicted molar refractivity (Wildman–Crippen MR) is 108 cm³/mol. The number of rotatable bonds is 1. The first-order valence-electron chi connectivity index (χ1n) is 8.72. The first kappa shape index (κ1) is 17.0. The summed E-state index contributed by atoms with van der Waals surface area (Å²) in [5.74, 6) is 1.21. The number of para-hydroxylation sites is 1. The Morgan fingerprint density at radius 2 is 1.69 bits per heavy atom. The number of nitrogens with zero attached hydrogens (tertiary/aromatic N) is 2. The van der Waals surface area contributed by atoms with Gasteiger partial charge in [-0.25, -0.2) is 9.97 Å². The van der Waals surface area contributed by atoms with Gasteiger partial charge in [0.05, 0.1) is 5.52 Å². The van der Waals surface area contributed by atoms with E-state index in [-0.39, 0.29) is 5.41 Å². The fraction of sp³-hybridized carbons (Fsp3) is 0.273. The van der Waals surface area contributed by atoms with Gasteiger partial charge in [0.1, 0.15) is 10.7 Å². The third-order valence-electron chi connectivity index (χ3n) is 4.86. The minimum absolute atomic E-state index is 0.0380. The largest absolute Gasteiger partial charge is 0.452 e. The molecule has 0 unspecified atom stereocenters. The monoisotopic (exact) mass is 364 g/mol. The van der Waals surface area contributed by atoms with Crippen LogP contribution >= 0.6 is 11.6 Å². The molecule has 4 rings (SSSR count). The standard InChI is InChI=1S/C22H21ClN2O/c1-12-10-14(22(3,4)5)11-16-18(12)24-21(25-20(16)23)19-13(2)15-8-6-7-9-17(15)26-19/h6-11H,1-5H3. The molecule has 0 saturated heterocycles. The maximum atomic E-state index is 6.56. The van der Waals surface area contributed by atoms with Crippen LogP contribution in [0.5, 0.6) is 0 Å². The third kappa shape index (κ3) is 2.67. The van der Waals surface area contributed by atoms with Crippen LogP contribution in [0.2, 0.25) is 5.15 Å².